The number of hydrogen-bond acceptors (Lipinski definition) is 3. The summed E-state index contributed by atoms with van der Waals surface area (Å²) in [5.74, 6) is 1.96. The first-order valence-electron chi connectivity index (χ1n) is 9.82. The summed E-state index contributed by atoms with van der Waals surface area (Å²) in [7, 11) is 0. The Bertz CT molecular complexity index is 641. The number of hydrogen-bond donors (Lipinski definition) is 1. The average Bonchev–Trinajstić information content (AvgIpc) is 3.32. The molecule has 2 unspecified atom stereocenters. The molecule has 150 valence electrons. The molecule has 27 heavy (non-hydrogen) atoms. The maximum absolute atomic E-state index is 6.07. The van der Waals surface area contributed by atoms with Crippen LogP contribution in [-0.4, -0.2) is 67.2 Å². The van der Waals surface area contributed by atoms with E-state index in [1.807, 2.05) is 18.2 Å². The van der Waals surface area contributed by atoms with Crippen molar-refractivity contribution in [2.24, 2.45) is 4.99 Å². The van der Waals surface area contributed by atoms with Gasteiger partial charge in [0.05, 0.1) is 6.54 Å². The van der Waals surface area contributed by atoms with Crippen LogP contribution in [0.3, 0.4) is 0 Å². The number of aliphatic imine (C=N–C) groups is 1. The van der Waals surface area contributed by atoms with Crippen LogP contribution in [-0.2, 0) is 0 Å². The molecule has 6 heteroatoms. The van der Waals surface area contributed by atoms with Gasteiger partial charge in [0, 0.05) is 38.8 Å². The zero-order chi connectivity index (χ0) is 18.4. The van der Waals surface area contributed by atoms with Crippen LogP contribution in [0.2, 0.25) is 0 Å². The number of nitrogens with zero attached hydrogens (tertiary/aromatic N) is 3. The first-order chi connectivity index (χ1) is 12.7. The lowest BCUT2D eigenvalue weighted by molar-refractivity contribution is 0.228. The summed E-state index contributed by atoms with van der Waals surface area (Å²) >= 11 is 0. The average molecular weight is 484 g/mol. The first-order valence-corrected chi connectivity index (χ1v) is 9.82. The Morgan fingerprint density at radius 3 is 2.74 bits per heavy atom. The highest BCUT2D eigenvalue weighted by atomic mass is 127. The van der Waals surface area contributed by atoms with E-state index in [4.69, 9.17) is 9.73 Å². The smallest absolute Gasteiger partial charge is 0.194 e. The molecule has 1 aromatic carbocycles. The van der Waals surface area contributed by atoms with Crippen molar-refractivity contribution in [3.8, 4) is 5.75 Å². The van der Waals surface area contributed by atoms with Gasteiger partial charge in [0.15, 0.2) is 5.96 Å². The fourth-order valence-corrected chi connectivity index (χ4v) is 3.61. The largest absolute Gasteiger partial charge is 0.489 e. The lowest BCUT2D eigenvalue weighted by atomic mass is 10.2. The normalized spacial score (nSPS) is 21.2. The molecule has 5 nitrogen and oxygen atoms in total. The van der Waals surface area contributed by atoms with E-state index in [9.17, 15) is 0 Å². The molecule has 1 fully saturated rings. The van der Waals surface area contributed by atoms with E-state index in [1.54, 1.807) is 0 Å². The van der Waals surface area contributed by atoms with Gasteiger partial charge in [0.1, 0.15) is 11.9 Å². The van der Waals surface area contributed by atoms with Crippen molar-refractivity contribution < 1.29 is 4.74 Å². The number of benzene rings is 1. The molecule has 1 aromatic rings. The Morgan fingerprint density at radius 1 is 1.30 bits per heavy atom. The van der Waals surface area contributed by atoms with Crippen molar-refractivity contribution in [1.29, 1.82) is 0 Å². The summed E-state index contributed by atoms with van der Waals surface area (Å²) in [6.07, 6.45) is 5.80. The van der Waals surface area contributed by atoms with Gasteiger partial charge in [0.2, 0.25) is 0 Å². The molecule has 0 bridgehead atoms. The molecular weight excluding hydrogens is 451 g/mol. The van der Waals surface area contributed by atoms with Crippen LogP contribution >= 0.6 is 24.0 Å². The number of halogens is 1. The summed E-state index contributed by atoms with van der Waals surface area (Å²) in [4.78, 5) is 9.80. The lowest BCUT2D eigenvalue weighted by Gasteiger charge is -2.25. The predicted molar refractivity (Wildman–Crippen MR) is 123 cm³/mol. The SMILES string of the molecule is CCNC(=NCC(C)Oc1ccccc1C)N1CCC(N2CC=CC2)C1.I. The summed E-state index contributed by atoms with van der Waals surface area (Å²) in [5, 5.41) is 3.45. The second-order valence-electron chi connectivity index (χ2n) is 7.20. The molecule has 0 amide bonds. The highest BCUT2D eigenvalue weighted by molar-refractivity contribution is 14.0. The van der Waals surface area contributed by atoms with Gasteiger partial charge in [-0.2, -0.15) is 0 Å². The van der Waals surface area contributed by atoms with Crippen molar-refractivity contribution >= 4 is 29.9 Å². The fraction of sp³-hybridized carbons (Fsp3) is 0.571. The lowest BCUT2D eigenvalue weighted by Crippen LogP contribution is -2.43. The van der Waals surface area contributed by atoms with Crippen molar-refractivity contribution in [3.05, 3.63) is 42.0 Å². The molecule has 0 radical (unpaired) electrons. The van der Waals surface area contributed by atoms with Crippen molar-refractivity contribution in [3.63, 3.8) is 0 Å². The van der Waals surface area contributed by atoms with Crippen molar-refractivity contribution in [1.82, 2.24) is 15.1 Å². The van der Waals surface area contributed by atoms with Gasteiger partial charge < -0.3 is 15.0 Å². The first kappa shape index (κ1) is 22.0. The van der Waals surface area contributed by atoms with Gasteiger partial charge >= 0.3 is 0 Å². The van der Waals surface area contributed by atoms with Gasteiger partial charge in [-0.15, -0.1) is 24.0 Å². The minimum Gasteiger partial charge on any atom is -0.489 e. The van der Waals surface area contributed by atoms with E-state index < -0.39 is 0 Å². The van der Waals surface area contributed by atoms with Gasteiger partial charge in [-0.1, -0.05) is 30.4 Å². The number of guanidine groups is 1. The molecule has 1 N–H and O–H groups in total. The third kappa shape index (κ3) is 6.10. The van der Waals surface area contributed by atoms with E-state index in [1.165, 1.54) is 6.42 Å². The Labute approximate surface area is 180 Å². The standard InChI is InChI=1S/C21H32N4O.HI/c1-4-22-21(25-14-11-19(16-25)24-12-7-8-13-24)23-15-18(3)26-20-10-6-5-9-17(20)2;/h5-10,18-19H,4,11-16H2,1-3H3,(H,22,23);1H. The molecule has 3 rings (SSSR count). The molecule has 1 saturated heterocycles. The highest BCUT2D eigenvalue weighted by Crippen LogP contribution is 2.19. The van der Waals surface area contributed by atoms with Crippen LogP contribution < -0.4 is 10.1 Å². The van der Waals surface area contributed by atoms with Crippen LogP contribution in [0.5, 0.6) is 5.75 Å². The fourth-order valence-electron chi connectivity index (χ4n) is 3.61. The van der Waals surface area contributed by atoms with Crippen LogP contribution in [0.4, 0.5) is 0 Å². The topological polar surface area (TPSA) is 40.1 Å². The zero-order valence-electron chi connectivity index (χ0n) is 16.7. The molecule has 0 spiro atoms. The number of likely N-dealkylation sites (tertiary alicyclic amines) is 1. The quantitative estimate of drug-likeness (QED) is 0.291. The summed E-state index contributed by atoms with van der Waals surface area (Å²) < 4.78 is 6.07. The van der Waals surface area contributed by atoms with Crippen LogP contribution in [0.1, 0.15) is 25.8 Å². The van der Waals surface area contributed by atoms with E-state index in [0.717, 1.165) is 50.0 Å². The van der Waals surface area contributed by atoms with Crippen LogP contribution in [0, 0.1) is 6.92 Å². The maximum atomic E-state index is 6.07. The van der Waals surface area contributed by atoms with Gasteiger partial charge in [-0.05, 0) is 38.8 Å². The molecule has 0 aromatic heterocycles. The molecule has 2 atom stereocenters. The van der Waals surface area contributed by atoms with E-state index >= 15 is 0 Å². The highest BCUT2D eigenvalue weighted by Gasteiger charge is 2.29. The monoisotopic (exact) mass is 484 g/mol. The summed E-state index contributed by atoms with van der Waals surface area (Å²) in [6.45, 7) is 12.1. The second-order valence-corrected chi connectivity index (χ2v) is 7.20. The number of nitrogens with one attached hydrogen (secondary N) is 1. The summed E-state index contributed by atoms with van der Waals surface area (Å²) in [5.41, 5.74) is 1.16. The van der Waals surface area contributed by atoms with Gasteiger partial charge in [0.25, 0.3) is 0 Å². The molecule has 2 heterocycles. The minimum atomic E-state index is 0. The van der Waals surface area contributed by atoms with Crippen molar-refractivity contribution in [2.75, 3.05) is 39.3 Å². The van der Waals surface area contributed by atoms with E-state index in [0.29, 0.717) is 12.6 Å². The predicted octanol–water partition coefficient (Wildman–Crippen LogP) is 3.29. The molecule has 2 aliphatic heterocycles. The third-order valence-corrected chi connectivity index (χ3v) is 5.08. The maximum Gasteiger partial charge on any atom is 0.194 e. The number of aryl methyl sites for hydroxylation is 1. The zero-order valence-corrected chi connectivity index (χ0v) is 19.1. The molecule has 0 saturated carbocycles. The van der Waals surface area contributed by atoms with Gasteiger partial charge in [-0.25, -0.2) is 4.99 Å². The molecule has 2 aliphatic rings. The number of para-hydroxylation sites is 1. The Morgan fingerprint density at radius 2 is 2.04 bits per heavy atom. The minimum absolute atomic E-state index is 0. The number of ether oxygens (including phenoxy) is 1. The van der Waals surface area contributed by atoms with Gasteiger partial charge in [-0.3, -0.25) is 4.90 Å². The Hall–Kier alpha value is -1.28. The van der Waals surface area contributed by atoms with Crippen molar-refractivity contribution in [2.45, 2.75) is 39.3 Å². The Kier molecular flexibility index (Phi) is 8.89. The molecular formula is C21H33IN4O. The van der Waals surface area contributed by atoms with E-state index in [-0.39, 0.29) is 30.1 Å². The molecule has 0 aliphatic carbocycles. The van der Waals surface area contributed by atoms with Crippen LogP contribution in [0.15, 0.2) is 41.4 Å². The number of rotatable bonds is 6. The second kappa shape index (κ2) is 10.9. The third-order valence-electron chi connectivity index (χ3n) is 5.08. The Balaban J connectivity index is 0.00000261. The summed E-state index contributed by atoms with van der Waals surface area (Å²) in [6, 6.07) is 8.78. The van der Waals surface area contributed by atoms with E-state index in [2.05, 4.69) is 54.1 Å². The van der Waals surface area contributed by atoms with Crippen LogP contribution in [0.25, 0.3) is 0 Å².